The van der Waals surface area contributed by atoms with Crippen molar-refractivity contribution >= 4 is 35.1 Å². The number of piperidine rings is 1. The van der Waals surface area contributed by atoms with Gasteiger partial charge in [0.05, 0.1) is 29.6 Å². The average Bonchev–Trinajstić information content (AvgIpc) is 3.03. The van der Waals surface area contributed by atoms with E-state index in [1.165, 1.54) is 30.6 Å². The maximum Gasteiger partial charge on any atom is 0.409 e. The summed E-state index contributed by atoms with van der Waals surface area (Å²) in [6.45, 7) is 3.27. The van der Waals surface area contributed by atoms with Gasteiger partial charge in [0.15, 0.2) is 17.4 Å². The Hall–Kier alpha value is -4.77. The molecule has 1 saturated heterocycles. The van der Waals surface area contributed by atoms with Crippen LogP contribution < -0.4 is 15.4 Å². The van der Waals surface area contributed by atoms with Crippen LogP contribution >= 0.6 is 11.6 Å². The Morgan fingerprint density at radius 3 is 2.65 bits per heavy atom. The topological polar surface area (TPSA) is 119 Å². The number of ether oxygens (including phenoxy) is 2. The molecule has 222 valence electrons. The van der Waals surface area contributed by atoms with E-state index < -0.39 is 5.82 Å². The summed E-state index contributed by atoms with van der Waals surface area (Å²) in [4.78, 5) is 40.1. The minimum atomic E-state index is -0.536. The minimum absolute atomic E-state index is 0.0861. The third-order valence-corrected chi connectivity index (χ3v) is 7.07. The molecule has 1 aliphatic rings. The highest BCUT2D eigenvalue weighted by molar-refractivity contribution is 6.30. The molecule has 2 aromatic heterocycles. The first kappa shape index (κ1) is 29.7. The van der Waals surface area contributed by atoms with Crippen molar-refractivity contribution in [1.29, 1.82) is 0 Å². The van der Waals surface area contributed by atoms with Gasteiger partial charge in [-0.2, -0.15) is 0 Å². The van der Waals surface area contributed by atoms with Gasteiger partial charge in [0, 0.05) is 36.5 Å². The maximum absolute atomic E-state index is 14.7. The summed E-state index contributed by atoms with van der Waals surface area (Å²) in [5, 5.41) is 6.55. The maximum atomic E-state index is 14.7. The Morgan fingerprint density at radius 1 is 1.09 bits per heavy atom. The molecule has 2 N–H and O–H groups in total. The van der Waals surface area contributed by atoms with Gasteiger partial charge in [-0.05, 0) is 49.6 Å². The molecule has 0 aliphatic carbocycles. The van der Waals surface area contributed by atoms with Gasteiger partial charge in [0.25, 0.3) is 5.91 Å². The molecular weight excluding hydrogens is 575 g/mol. The van der Waals surface area contributed by atoms with Crippen molar-refractivity contribution in [3.05, 3.63) is 95.2 Å². The Kier molecular flexibility index (Phi) is 9.63. The number of hydrogen-bond acceptors (Lipinski definition) is 8. The predicted molar refractivity (Wildman–Crippen MR) is 160 cm³/mol. The Morgan fingerprint density at radius 2 is 1.88 bits per heavy atom. The van der Waals surface area contributed by atoms with E-state index in [-0.39, 0.29) is 47.4 Å². The molecule has 10 nitrogen and oxygen atoms in total. The van der Waals surface area contributed by atoms with Crippen LogP contribution in [0.1, 0.15) is 35.7 Å². The number of halogens is 2. The highest BCUT2D eigenvalue weighted by Crippen LogP contribution is 2.31. The third-order valence-electron chi connectivity index (χ3n) is 6.84. The van der Waals surface area contributed by atoms with Crippen LogP contribution in [-0.4, -0.2) is 57.6 Å². The highest BCUT2D eigenvalue weighted by Gasteiger charge is 2.26. The van der Waals surface area contributed by atoms with E-state index in [9.17, 15) is 14.0 Å². The van der Waals surface area contributed by atoms with E-state index >= 15 is 0 Å². The molecule has 0 bridgehead atoms. The summed E-state index contributed by atoms with van der Waals surface area (Å²) >= 11 is 6.12. The van der Waals surface area contributed by atoms with Gasteiger partial charge >= 0.3 is 6.09 Å². The zero-order chi connectivity index (χ0) is 30.2. The van der Waals surface area contributed by atoms with E-state index in [1.807, 2.05) is 30.3 Å². The number of rotatable bonds is 9. The monoisotopic (exact) mass is 604 g/mol. The second kappa shape index (κ2) is 13.9. The van der Waals surface area contributed by atoms with Crippen LogP contribution in [-0.2, 0) is 11.3 Å². The fourth-order valence-electron chi connectivity index (χ4n) is 4.60. The number of carbonyl (C=O) groups is 2. The fourth-order valence-corrected chi connectivity index (χ4v) is 4.77. The van der Waals surface area contributed by atoms with Crippen LogP contribution in [0, 0.1) is 5.82 Å². The second-order valence-corrected chi connectivity index (χ2v) is 10.2. The summed E-state index contributed by atoms with van der Waals surface area (Å²) in [5.74, 6) is -0.269. The molecule has 1 aliphatic heterocycles. The molecule has 0 atom stereocenters. The predicted octanol–water partition coefficient (Wildman–Crippen LogP) is 6.00. The molecule has 0 saturated carbocycles. The number of likely N-dealkylation sites (tertiary alicyclic amines) is 1. The van der Waals surface area contributed by atoms with E-state index in [1.54, 1.807) is 24.1 Å². The number of hydrogen-bond donors (Lipinski definition) is 2. The molecule has 12 heteroatoms. The van der Waals surface area contributed by atoms with Crippen molar-refractivity contribution in [3.8, 4) is 17.1 Å². The summed E-state index contributed by atoms with van der Waals surface area (Å²) in [5.41, 5.74) is 1.74. The first-order valence-corrected chi connectivity index (χ1v) is 14.2. The fraction of sp³-hybridized carbons (Fsp3) is 0.258. The number of aromatic nitrogens is 3. The lowest BCUT2D eigenvalue weighted by Crippen LogP contribution is -2.46. The highest BCUT2D eigenvalue weighted by atomic mass is 35.5. The molecule has 0 unspecified atom stereocenters. The molecule has 2 amide bonds. The molecular formula is C31H30ClFN6O4. The second-order valence-electron chi connectivity index (χ2n) is 9.78. The van der Waals surface area contributed by atoms with Crippen LogP contribution in [0.15, 0.2) is 73.2 Å². The van der Waals surface area contributed by atoms with Gasteiger partial charge in [-0.3, -0.25) is 9.78 Å². The van der Waals surface area contributed by atoms with E-state index in [0.29, 0.717) is 49.0 Å². The van der Waals surface area contributed by atoms with Crippen molar-refractivity contribution < 1.29 is 23.5 Å². The van der Waals surface area contributed by atoms with E-state index in [4.69, 9.17) is 21.1 Å². The molecule has 5 rings (SSSR count). The van der Waals surface area contributed by atoms with Crippen molar-refractivity contribution in [1.82, 2.24) is 25.2 Å². The van der Waals surface area contributed by atoms with Gasteiger partial charge < -0.3 is 25.0 Å². The van der Waals surface area contributed by atoms with Crippen LogP contribution in [0.5, 0.6) is 5.75 Å². The number of anilines is 2. The van der Waals surface area contributed by atoms with Gasteiger partial charge in [-0.1, -0.05) is 41.9 Å². The normalized spacial score (nSPS) is 13.3. The van der Waals surface area contributed by atoms with Crippen molar-refractivity contribution in [2.24, 2.45) is 0 Å². The van der Waals surface area contributed by atoms with Crippen LogP contribution in [0.25, 0.3) is 11.4 Å². The number of nitrogens with zero attached hydrogens (tertiary/aromatic N) is 4. The lowest BCUT2D eigenvalue weighted by Gasteiger charge is -2.31. The minimum Gasteiger partial charge on any atom is -0.483 e. The Bertz CT molecular complexity index is 1580. The van der Waals surface area contributed by atoms with Crippen molar-refractivity contribution in [3.63, 3.8) is 0 Å². The molecule has 3 heterocycles. The number of benzene rings is 2. The summed E-state index contributed by atoms with van der Waals surface area (Å²) in [7, 11) is 0. The number of amides is 2. The molecule has 0 spiro atoms. The Labute approximate surface area is 253 Å². The molecule has 4 aromatic rings. The first-order valence-electron chi connectivity index (χ1n) is 13.8. The van der Waals surface area contributed by atoms with Crippen LogP contribution in [0.4, 0.5) is 20.7 Å². The molecule has 0 radical (unpaired) electrons. The smallest absolute Gasteiger partial charge is 0.409 e. The van der Waals surface area contributed by atoms with Gasteiger partial charge in [-0.15, -0.1) is 0 Å². The number of nitrogens with one attached hydrogen (secondary N) is 2. The van der Waals surface area contributed by atoms with E-state index in [0.717, 1.165) is 5.56 Å². The molecule has 1 fully saturated rings. The van der Waals surface area contributed by atoms with Crippen LogP contribution in [0.2, 0.25) is 5.02 Å². The van der Waals surface area contributed by atoms with E-state index in [2.05, 4.69) is 25.6 Å². The zero-order valence-electron chi connectivity index (χ0n) is 23.4. The molecule has 43 heavy (non-hydrogen) atoms. The zero-order valence-corrected chi connectivity index (χ0v) is 24.2. The van der Waals surface area contributed by atoms with Gasteiger partial charge in [0.2, 0.25) is 0 Å². The largest absolute Gasteiger partial charge is 0.483 e. The summed E-state index contributed by atoms with van der Waals surface area (Å²) < 4.78 is 25.8. The number of carbonyl (C=O) groups excluding carboxylic acids is 2. The lowest BCUT2D eigenvalue weighted by molar-refractivity contribution is 0.0860. The third kappa shape index (κ3) is 7.55. The molecule has 2 aromatic carbocycles. The van der Waals surface area contributed by atoms with Crippen molar-refractivity contribution in [2.75, 3.05) is 25.0 Å². The van der Waals surface area contributed by atoms with Gasteiger partial charge in [0.1, 0.15) is 12.4 Å². The van der Waals surface area contributed by atoms with Crippen LogP contribution in [0.3, 0.4) is 0 Å². The van der Waals surface area contributed by atoms with Gasteiger partial charge in [-0.25, -0.2) is 19.2 Å². The number of pyridine rings is 1. The summed E-state index contributed by atoms with van der Waals surface area (Å²) in [6.07, 6.45) is 5.27. The lowest BCUT2D eigenvalue weighted by atomic mass is 10.0. The summed E-state index contributed by atoms with van der Waals surface area (Å²) in [6, 6.07) is 15.2. The first-order chi connectivity index (χ1) is 20.9. The average molecular weight is 605 g/mol. The quantitative estimate of drug-likeness (QED) is 0.239. The van der Waals surface area contributed by atoms with Crippen molar-refractivity contribution in [2.45, 2.75) is 32.4 Å². The SMILES string of the molecule is CCOC(=O)N1CCC(NC(=O)c2cnccc2Nc2nc(-c3cc(Cl)ccc3F)ncc2OCc2ccccc2)CC1. The standard InChI is InChI=1S/C31H30ClFN6O4/c1-2-42-31(41)39-14-11-22(12-15-39)36-30(40)24-17-34-13-10-26(24)37-29-27(43-19-20-6-4-3-5-7-20)18-35-28(38-29)23-16-21(32)8-9-25(23)33/h3-10,13,16-18,22H,2,11-12,14-15,19H2,1H3,(H,36,40)(H,34,35,37,38). The Balaban J connectivity index is 1.38.